The molecule has 0 aromatic heterocycles. The number of nitrogens with zero attached hydrogens (tertiary/aromatic N) is 1. The lowest BCUT2D eigenvalue weighted by Gasteiger charge is -2.12. The predicted octanol–water partition coefficient (Wildman–Crippen LogP) is 2.96. The summed E-state index contributed by atoms with van der Waals surface area (Å²) in [5.41, 5.74) is 0. The van der Waals surface area contributed by atoms with E-state index < -0.39 is 0 Å². The Morgan fingerprint density at radius 3 is 2.96 bits per heavy atom. The van der Waals surface area contributed by atoms with Gasteiger partial charge >= 0.3 is 0 Å². The number of benzene rings is 1. The zero-order valence-electron chi connectivity index (χ0n) is 15.9. The highest BCUT2D eigenvalue weighted by Crippen LogP contribution is 2.12. The molecule has 1 fully saturated rings. The van der Waals surface area contributed by atoms with Gasteiger partial charge in [0, 0.05) is 32.4 Å². The fourth-order valence-electron chi connectivity index (χ4n) is 2.58. The number of nitrogens with one attached hydrogen (secondary N) is 2. The van der Waals surface area contributed by atoms with Crippen LogP contribution in [0.15, 0.2) is 29.3 Å². The van der Waals surface area contributed by atoms with Crippen LogP contribution in [0.25, 0.3) is 0 Å². The molecule has 154 valence electrons. The first-order valence-corrected chi connectivity index (χ1v) is 9.38. The van der Waals surface area contributed by atoms with E-state index in [1.807, 2.05) is 6.92 Å². The van der Waals surface area contributed by atoms with Crippen LogP contribution in [0.3, 0.4) is 0 Å². The Kier molecular flexibility index (Phi) is 13.2. The summed E-state index contributed by atoms with van der Waals surface area (Å²) in [5, 5.41) is 6.39. The minimum absolute atomic E-state index is 0. The number of halogens is 2. The van der Waals surface area contributed by atoms with Gasteiger partial charge in [0.05, 0.1) is 19.3 Å². The third kappa shape index (κ3) is 10.7. The Morgan fingerprint density at radius 1 is 1.33 bits per heavy atom. The molecule has 27 heavy (non-hydrogen) atoms. The highest BCUT2D eigenvalue weighted by Gasteiger charge is 2.14. The number of hydrogen-bond donors (Lipinski definition) is 2. The van der Waals surface area contributed by atoms with Crippen molar-refractivity contribution in [1.82, 2.24) is 10.6 Å². The van der Waals surface area contributed by atoms with Gasteiger partial charge in [0.25, 0.3) is 0 Å². The summed E-state index contributed by atoms with van der Waals surface area (Å²) in [6.45, 7) is 6.73. The van der Waals surface area contributed by atoms with E-state index in [4.69, 9.17) is 14.2 Å². The van der Waals surface area contributed by atoms with Gasteiger partial charge in [0.15, 0.2) is 5.96 Å². The lowest BCUT2D eigenvalue weighted by molar-refractivity contribution is 0.0171. The maximum Gasteiger partial charge on any atom is 0.191 e. The zero-order chi connectivity index (χ0) is 18.5. The molecule has 1 aromatic carbocycles. The summed E-state index contributed by atoms with van der Waals surface area (Å²) in [7, 11) is 0. The van der Waals surface area contributed by atoms with Crippen LogP contribution in [0.1, 0.15) is 26.2 Å². The van der Waals surface area contributed by atoms with E-state index in [-0.39, 0.29) is 35.9 Å². The van der Waals surface area contributed by atoms with Gasteiger partial charge in [-0.1, -0.05) is 6.07 Å². The molecule has 1 aliphatic heterocycles. The van der Waals surface area contributed by atoms with E-state index in [2.05, 4.69) is 15.6 Å². The number of guanidine groups is 1. The van der Waals surface area contributed by atoms with Gasteiger partial charge in [-0.05, 0) is 38.3 Å². The van der Waals surface area contributed by atoms with Crippen LogP contribution in [-0.2, 0) is 9.47 Å². The molecule has 2 rings (SSSR count). The molecule has 1 unspecified atom stereocenters. The van der Waals surface area contributed by atoms with Crippen LogP contribution in [0.2, 0.25) is 0 Å². The van der Waals surface area contributed by atoms with Gasteiger partial charge in [-0.15, -0.1) is 24.0 Å². The molecule has 1 aliphatic rings. The van der Waals surface area contributed by atoms with Crippen molar-refractivity contribution in [2.75, 3.05) is 46.1 Å². The first-order chi connectivity index (χ1) is 12.8. The second-order valence-corrected chi connectivity index (χ2v) is 6.06. The summed E-state index contributed by atoms with van der Waals surface area (Å²) in [6, 6.07) is 6.13. The zero-order valence-corrected chi connectivity index (χ0v) is 18.2. The van der Waals surface area contributed by atoms with E-state index in [9.17, 15) is 4.39 Å². The summed E-state index contributed by atoms with van der Waals surface area (Å²) in [6.07, 6.45) is 3.38. The quantitative estimate of drug-likeness (QED) is 0.214. The molecule has 0 spiro atoms. The molecule has 0 amide bonds. The molecule has 1 heterocycles. The van der Waals surface area contributed by atoms with Gasteiger partial charge in [0.1, 0.15) is 18.2 Å². The van der Waals surface area contributed by atoms with Crippen LogP contribution in [0, 0.1) is 5.82 Å². The molecule has 6 nitrogen and oxygen atoms in total. The van der Waals surface area contributed by atoms with Crippen molar-refractivity contribution in [2.24, 2.45) is 4.99 Å². The second kappa shape index (κ2) is 14.9. The third-order valence-corrected chi connectivity index (χ3v) is 3.85. The molecule has 1 saturated heterocycles. The average molecular weight is 495 g/mol. The highest BCUT2D eigenvalue weighted by atomic mass is 127. The molecular formula is C19H31FIN3O3. The Labute approximate surface area is 178 Å². The largest absolute Gasteiger partial charge is 0.492 e. The maximum absolute atomic E-state index is 13.1. The third-order valence-electron chi connectivity index (χ3n) is 3.85. The van der Waals surface area contributed by atoms with Gasteiger partial charge < -0.3 is 24.8 Å². The topological polar surface area (TPSA) is 64.1 Å². The SMILES string of the molecule is CCNC(=NCCCOCC1CCCO1)NCCOc1cccc(F)c1.I. The average Bonchev–Trinajstić information content (AvgIpc) is 3.15. The molecule has 0 saturated carbocycles. The van der Waals surface area contributed by atoms with E-state index in [0.29, 0.717) is 38.7 Å². The smallest absolute Gasteiger partial charge is 0.191 e. The normalized spacial score (nSPS) is 16.7. The van der Waals surface area contributed by atoms with Crippen LogP contribution in [0.4, 0.5) is 4.39 Å². The lowest BCUT2D eigenvalue weighted by Crippen LogP contribution is -2.39. The summed E-state index contributed by atoms with van der Waals surface area (Å²) in [4.78, 5) is 4.51. The molecular weight excluding hydrogens is 464 g/mol. The molecule has 2 N–H and O–H groups in total. The van der Waals surface area contributed by atoms with Crippen molar-refractivity contribution in [3.63, 3.8) is 0 Å². The summed E-state index contributed by atoms with van der Waals surface area (Å²) in [5.74, 6) is 0.971. The maximum atomic E-state index is 13.1. The van der Waals surface area contributed by atoms with Crippen molar-refractivity contribution in [2.45, 2.75) is 32.3 Å². The van der Waals surface area contributed by atoms with Gasteiger partial charge in [-0.3, -0.25) is 4.99 Å². The van der Waals surface area contributed by atoms with Gasteiger partial charge in [-0.2, -0.15) is 0 Å². The number of ether oxygens (including phenoxy) is 3. The van der Waals surface area contributed by atoms with Gasteiger partial charge in [0.2, 0.25) is 0 Å². The molecule has 1 aromatic rings. The fourth-order valence-corrected chi connectivity index (χ4v) is 2.58. The van der Waals surface area contributed by atoms with Crippen molar-refractivity contribution < 1.29 is 18.6 Å². The number of hydrogen-bond acceptors (Lipinski definition) is 4. The van der Waals surface area contributed by atoms with Crippen molar-refractivity contribution in [3.8, 4) is 5.75 Å². The van der Waals surface area contributed by atoms with E-state index in [0.717, 1.165) is 38.4 Å². The van der Waals surface area contributed by atoms with Crippen molar-refractivity contribution in [1.29, 1.82) is 0 Å². The van der Waals surface area contributed by atoms with Crippen LogP contribution in [-0.4, -0.2) is 58.1 Å². The fraction of sp³-hybridized carbons (Fsp3) is 0.632. The minimum atomic E-state index is -0.299. The molecule has 0 radical (unpaired) electrons. The number of aliphatic imine (C=N–C) groups is 1. The Hall–Kier alpha value is -1.13. The minimum Gasteiger partial charge on any atom is -0.492 e. The predicted molar refractivity (Wildman–Crippen MR) is 116 cm³/mol. The summed E-state index contributed by atoms with van der Waals surface area (Å²) >= 11 is 0. The summed E-state index contributed by atoms with van der Waals surface area (Å²) < 4.78 is 29.7. The first-order valence-electron chi connectivity index (χ1n) is 9.38. The lowest BCUT2D eigenvalue weighted by atomic mass is 10.2. The molecule has 8 heteroatoms. The Bertz CT molecular complexity index is 543. The number of rotatable bonds is 11. The second-order valence-electron chi connectivity index (χ2n) is 6.06. The van der Waals surface area contributed by atoms with Crippen molar-refractivity contribution in [3.05, 3.63) is 30.1 Å². The first kappa shape index (κ1) is 23.9. The van der Waals surface area contributed by atoms with Crippen LogP contribution in [0.5, 0.6) is 5.75 Å². The van der Waals surface area contributed by atoms with E-state index in [1.165, 1.54) is 12.1 Å². The molecule has 1 atom stereocenters. The van der Waals surface area contributed by atoms with Crippen molar-refractivity contribution >= 4 is 29.9 Å². The Balaban J connectivity index is 0.00000364. The molecule has 0 aliphatic carbocycles. The standard InChI is InChI=1S/C19H30FN3O3.HI/c1-2-21-19(22-9-5-11-24-15-18-8-4-12-25-18)23-10-13-26-17-7-3-6-16(20)14-17;/h3,6-7,14,18H,2,4-5,8-13,15H2,1H3,(H2,21,22,23);1H. The van der Waals surface area contributed by atoms with E-state index in [1.54, 1.807) is 12.1 Å². The van der Waals surface area contributed by atoms with Gasteiger partial charge in [-0.25, -0.2) is 4.39 Å². The van der Waals surface area contributed by atoms with E-state index >= 15 is 0 Å². The Morgan fingerprint density at radius 2 is 2.22 bits per heavy atom. The van der Waals surface area contributed by atoms with Crippen LogP contribution >= 0.6 is 24.0 Å². The highest BCUT2D eigenvalue weighted by molar-refractivity contribution is 14.0. The van der Waals surface area contributed by atoms with Crippen LogP contribution < -0.4 is 15.4 Å². The molecule has 0 bridgehead atoms. The monoisotopic (exact) mass is 495 g/mol.